The van der Waals surface area contributed by atoms with Crippen molar-refractivity contribution in [3.05, 3.63) is 42.5 Å². The van der Waals surface area contributed by atoms with Gasteiger partial charge in [-0.25, -0.2) is 0 Å². The first-order valence-corrected chi connectivity index (χ1v) is 7.72. The van der Waals surface area contributed by atoms with Crippen molar-refractivity contribution in [2.75, 3.05) is 46.0 Å². The van der Waals surface area contributed by atoms with Crippen molar-refractivity contribution in [1.29, 1.82) is 0 Å². The summed E-state index contributed by atoms with van der Waals surface area (Å²) in [7, 11) is 0. The molecule has 2 rings (SSSR count). The van der Waals surface area contributed by atoms with E-state index in [0.29, 0.717) is 6.61 Å². The van der Waals surface area contributed by atoms with E-state index < -0.39 is 0 Å². The Labute approximate surface area is 152 Å². The Morgan fingerprint density at radius 3 is 2.52 bits per heavy atom. The molecule has 1 N–H and O–H groups in total. The molecule has 4 nitrogen and oxygen atoms in total. The van der Waals surface area contributed by atoms with E-state index in [1.54, 1.807) is 6.08 Å². The maximum Gasteiger partial charge on any atom is 0.119 e. The Hall–Kier alpha value is -0.780. The zero-order valence-electron chi connectivity index (χ0n) is 13.5. The van der Waals surface area contributed by atoms with Crippen LogP contribution in [-0.2, 0) is 11.3 Å². The van der Waals surface area contributed by atoms with Crippen LogP contribution in [0.3, 0.4) is 0 Å². The van der Waals surface area contributed by atoms with Crippen LogP contribution >= 0.6 is 24.8 Å². The number of hydrogen-bond donors (Lipinski definition) is 1. The summed E-state index contributed by atoms with van der Waals surface area (Å²) >= 11 is 0. The van der Waals surface area contributed by atoms with Gasteiger partial charge in [-0.2, -0.15) is 0 Å². The monoisotopic (exact) mass is 362 g/mol. The van der Waals surface area contributed by atoms with Gasteiger partial charge in [0.2, 0.25) is 0 Å². The molecule has 6 heteroatoms. The number of nitrogens with one attached hydrogen (secondary N) is 1. The third kappa shape index (κ3) is 9.18. The zero-order chi connectivity index (χ0) is 14.8. The SMILES string of the molecule is C=CCOc1ccc(CNCCCN2CCOCC2)cc1.Cl.Cl. The normalized spacial score (nSPS) is 14.4. The van der Waals surface area contributed by atoms with Crippen molar-refractivity contribution in [2.24, 2.45) is 0 Å². The molecule has 0 atom stereocenters. The maximum atomic E-state index is 5.47. The van der Waals surface area contributed by atoms with Gasteiger partial charge in [0.05, 0.1) is 13.2 Å². The van der Waals surface area contributed by atoms with E-state index in [-0.39, 0.29) is 24.8 Å². The van der Waals surface area contributed by atoms with Gasteiger partial charge in [-0.3, -0.25) is 4.90 Å². The summed E-state index contributed by atoms with van der Waals surface area (Å²) in [6.07, 6.45) is 2.93. The molecule has 0 aliphatic carbocycles. The molecule has 23 heavy (non-hydrogen) atoms. The van der Waals surface area contributed by atoms with Crippen molar-refractivity contribution in [3.8, 4) is 5.75 Å². The smallest absolute Gasteiger partial charge is 0.119 e. The minimum atomic E-state index is 0. The van der Waals surface area contributed by atoms with Crippen LogP contribution in [0.4, 0.5) is 0 Å². The first kappa shape index (κ1) is 22.2. The number of morpholine rings is 1. The summed E-state index contributed by atoms with van der Waals surface area (Å²) in [6.45, 7) is 11.2. The molecule has 0 unspecified atom stereocenters. The van der Waals surface area contributed by atoms with E-state index in [1.807, 2.05) is 12.1 Å². The van der Waals surface area contributed by atoms with E-state index in [4.69, 9.17) is 9.47 Å². The van der Waals surface area contributed by atoms with Crippen LogP contribution < -0.4 is 10.1 Å². The van der Waals surface area contributed by atoms with E-state index >= 15 is 0 Å². The molecule has 1 aromatic rings. The van der Waals surface area contributed by atoms with Gasteiger partial charge >= 0.3 is 0 Å². The van der Waals surface area contributed by atoms with Crippen molar-refractivity contribution in [3.63, 3.8) is 0 Å². The minimum Gasteiger partial charge on any atom is -0.490 e. The van der Waals surface area contributed by atoms with Gasteiger partial charge in [0, 0.05) is 19.6 Å². The molecule has 1 saturated heterocycles. The average molecular weight is 363 g/mol. The number of ether oxygens (including phenoxy) is 2. The summed E-state index contributed by atoms with van der Waals surface area (Å²) in [5.74, 6) is 0.894. The Kier molecular flexibility index (Phi) is 13.2. The van der Waals surface area contributed by atoms with Crippen LogP contribution in [0.2, 0.25) is 0 Å². The molecule has 0 amide bonds. The number of nitrogens with zero attached hydrogens (tertiary/aromatic N) is 1. The van der Waals surface area contributed by atoms with Crippen LogP contribution in [0.5, 0.6) is 5.75 Å². The summed E-state index contributed by atoms with van der Waals surface area (Å²) in [4.78, 5) is 2.47. The molecule has 0 aromatic heterocycles. The summed E-state index contributed by atoms with van der Waals surface area (Å²) < 4.78 is 10.8. The summed E-state index contributed by atoms with van der Waals surface area (Å²) in [5.41, 5.74) is 1.28. The fraction of sp³-hybridized carbons (Fsp3) is 0.529. The molecule has 0 spiro atoms. The lowest BCUT2D eigenvalue weighted by Crippen LogP contribution is -2.37. The quantitative estimate of drug-likeness (QED) is 0.540. The Balaban J connectivity index is 0.00000242. The first-order chi connectivity index (χ1) is 10.4. The Morgan fingerprint density at radius 1 is 1.17 bits per heavy atom. The molecule has 1 aliphatic rings. The van der Waals surface area contributed by atoms with Gasteiger partial charge < -0.3 is 14.8 Å². The maximum absolute atomic E-state index is 5.47. The molecule has 0 radical (unpaired) electrons. The van der Waals surface area contributed by atoms with Crippen LogP contribution in [0.1, 0.15) is 12.0 Å². The van der Waals surface area contributed by atoms with E-state index in [2.05, 4.69) is 28.9 Å². The lowest BCUT2D eigenvalue weighted by Gasteiger charge is -2.26. The molecule has 1 fully saturated rings. The summed E-state index contributed by atoms with van der Waals surface area (Å²) in [6, 6.07) is 8.23. The van der Waals surface area contributed by atoms with Crippen LogP contribution in [0.15, 0.2) is 36.9 Å². The second-order valence-corrected chi connectivity index (χ2v) is 5.23. The predicted octanol–water partition coefficient (Wildman–Crippen LogP) is 2.91. The predicted molar refractivity (Wildman–Crippen MR) is 100 cm³/mol. The highest BCUT2D eigenvalue weighted by Gasteiger charge is 2.08. The first-order valence-electron chi connectivity index (χ1n) is 7.72. The third-order valence-corrected chi connectivity index (χ3v) is 3.55. The van der Waals surface area contributed by atoms with Gasteiger partial charge in [0.1, 0.15) is 12.4 Å². The Bertz CT molecular complexity index is 410. The molecule has 132 valence electrons. The minimum absolute atomic E-state index is 0. The number of halogens is 2. The summed E-state index contributed by atoms with van der Waals surface area (Å²) in [5, 5.41) is 3.49. The second kappa shape index (κ2) is 13.6. The van der Waals surface area contributed by atoms with Crippen LogP contribution in [-0.4, -0.2) is 50.9 Å². The zero-order valence-corrected chi connectivity index (χ0v) is 15.2. The lowest BCUT2D eigenvalue weighted by molar-refractivity contribution is 0.0374. The molecule has 1 heterocycles. The highest BCUT2D eigenvalue weighted by Crippen LogP contribution is 2.12. The van der Waals surface area contributed by atoms with Gasteiger partial charge in [-0.1, -0.05) is 24.8 Å². The highest BCUT2D eigenvalue weighted by atomic mass is 35.5. The van der Waals surface area contributed by atoms with Gasteiger partial charge in [0.15, 0.2) is 0 Å². The Morgan fingerprint density at radius 2 is 1.87 bits per heavy atom. The number of hydrogen-bond acceptors (Lipinski definition) is 4. The highest BCUT2D eigenvalue weighted by molar-refractivity contribution is 5.85. The number of benzene rings is 1. The third-order valence-electron chi connectivity index (χ3n) is 3.55. The van der Waals surface area contributed by atoms with E-state index in [1.165, 1.54) is 12.0 Å². The largest absolute Gasteiger partial charge is 0.490 e. The fourth-order valence-electron chi connectivity index (χ4n) is 2.34. The lowest BCUT2D eigenvalue weighted by atomic mass is 10.2. The molecule has 0 saturated carbocycles. The molecule has 0 bridgehead atoms. The van der Waals surface area contributed by atoms with Gasteiger partial charge in [0.25, 0.3) is 0 Å². The van der Waals surface area contributed by atoms with Crippen molar-refractivity contribution in [1.82, 2.24) is 10.2 Å². The molecular formula is C17H28Cl2N2O2. The molecule has 1 aromatic carbocycles. The van der Waals surface area contributed by atoms with Crippen molar-refractivity contribution >= 4 is 24.8 Å². The van der Waals surface area contributed by atoms with Gasteiger partial charge in [-0.05, 0) is 37.2 Å². The van der Waals surface area contributed by atoms with Crippen molar-refractivity contribution in [2.45, 2.75) is 13.0 Å². The number of rotatable bonds is 9. The van der Waals surface area contributed by atoms with Crippen LogP contribution in [0, 0.1) is 0 Å². The van der Waals surface area contributed by atoms with Crippen molar-refractivity contribution < 1.29 is 9.47 Å². The van der Waals surface area contributed by atoms with Crippen LogP contribution in [0.25, 0.3) is 0 Å². The van der Waals surface area contributed by atoms with E-state index in [9.17, 15) is 0 Å². The standard InChI is InChI=1S/C17H26N2O2.2ClH/c1-2-12-21-17-6-4-16(5-7-17)15-18-8-3-9-19-10-13-20-14-11-19;;/h2,4-7,18H,1,3,8-15H2;2*1H. The molecule has 1 aliphatic heterocycles. The average Bonchev–Trinajstić information content (AvgIpc) is 2.55. The molecular weight excluding hydrogens is 335 g/mol. The topological polar surface area (TPSA) is 33.7 Å². The fourth-order valence-corrected chi connectivity index (χ4v) is 2.34. The second-order valence-electron chi connectivity index (χ2n) is 5.23. The van der Waals surface area contributed by atoms with Gasteiger partial charge in [-0.15, -0.1) is 24.8 Å². The van der Waals surface area contributed by atoms with E-state index in [0.717, 1.165) is 51.7 Å².